The number of esters is 1. The highest BCUT2D eigenvalue weighted by Gasteiger charge is 2.22. The number of rotatable bonds is 4. The second-order valence-corrected chi connectivity index (χ2v) is 8.85. The van der Waals surface area contributed by atoms with Crippen LogP contribution in [0.2, 0.25) is 0 Å². The molecule has 170 valence electrons. The number of piperidine rings is 1. The number of carbonyl (C=O) groups is 1. The Balaban J connectivity index is 1.29. The quantitative estimate of drug-likeness (QED) is 0.257. The minimum Gasteiger partial charge on any atom is -0.427 e. The average Bonchev–Trinajstić information content (AvgIpc) is 3.02. The highest BCUT2D eigenvalue weighted by atomic mass is 16.5. The minimum atomic E-state index is -0.296. The summed E-state index contributed by atoms with van der Waals surface area (Å²) in [5.74, 6) is 0.285. The van der Waals surface area contributed by atoms with E-state index in [9.17, 15) is 4.79 Å². The fourth-order valence-corrected chi connectivity index (χ4v) is 4.85. The van der Waals surface area contributed by atoms with Gasteiger partial charge in [0.25, 0.3) is 0 Å². The van der Waals surface area contributed by atoms with Crippen molar-refractivity contribution in [3.05, 3.63) is 112 Å². The van der Waals surface area contributed by atoms with Crippen LogP contribution in [0.5, 0.6) is 5.75 Å². The molecule has 1 saturated heterocycles. The summed E-state index contributed by atoms with van der Waals surface area (Å²) in [7, 11) is 0. The van der Waals surface area contributed by atoms with Crippen molar-refractivity contribution < 1.29 is 9.53 Å². The Morgan fingerprint density at radius 2 is 1.44 bits per heavy atom. The van der Waals surface area contributed by atoms with Crippen LogP contribution in [-0.4, -0.2) is 30.5 Å². The Morgan fingerprint density at radius 3 is 2.03 bits per heavy atom. The highest BCUT2D eigenvalue weighted by molar-refractivity contribution is 5.94. The lowest BCUT2D eigenvalue weighted by Crippen LogP contribution is -2.31. The lowest BCUT2D eigenvalue weighted by Gasteiger charge is -2.29. The van der Waals surface area contributed by atoms with Crippen molar-refractivity contribution in [2.45, 2.75) is 19.8 Å². The summed E-state index contributed by atoms with van der Waals surface area (Å²) in [6.07, 6.45) is 11.0. The molecule has 0 aromatic heterocycles. The molecule has 3 heteroatoms. The molecule has 0 saturated carbocycles. The van der Waals surface area contributed by atoms with Gasteiger partial charge in [-0.2, -0.15) is 0 Å². The lowest BCUT2D eigenvalue weighted by atomic mass is 9.86. The summed E-state index contributed by atoms with van der Waals surface area (Å²) in [6, 6.07) is 25.1. The molecule has 1 heterocycles. The number of likely N-dealkylation sites (tertiary alicyclic amines) is 1. The van der Waals surface area contributed by atoms with Gasteiger partial charge in [0.15, 0.2) is 0 Å². The van der Waals surface area contributed by atoms with E-state index in [-0.39, 0.29) is 5.97 Å². The fourth-order valence-electron chi connectivity index (χ4n) is 4.85. The van der Waals surface area contributed by atoms with E-state index >= 15 is 0 Å². The Kier molecular flexibility index (Phi) is 6.55. The van der Waals surface area contributed by atoms with Gasteiger partial charge >= 0.3 is 5.97 Å². The molecule has 0 atom stereocenters. The van der Waals surface area contributed by atoms with E-state index in [1.165, 1.54) is 34.8 Å². The summed E-state index contributed by atoms with van der Waals surface area (Å²) >= 11 is 0. The van der Waals surface area contributed by atoms with Crippen molar-refractivity contribution in [2.75, 3.05) is 19.6 Å². The third-order valence-electron chi connectivity index (χ3n) is 6.53. The fraction of sp³-hybridized carbons (Fsp3) is 0.194. The van der Waals surface area contributed by atoms with Gasteiger partial charge in [0.1, 0.15) is 5.75 Å². The maximum atomic E-state index is 11.1. The zero-order valence-corrected chi connectivity index (χ0v) is 19.5. The van der Waals surface area contributed by atoms with Crippen molar-refractivity contribution in [1.29, 1.82) is 0 Å². The predicted molar refractivity (Wildman–Crippen MR) is 140 cm³/mol. The van der Waals surface area contributed by atoms with E-state index in [2.05, 4.69) is 77.7 Å². The molecule has 34 heavy (non-hydrogen) atoms. The van der Waals surface area contributed by atoms with Gasteiger partial charge in [0.2, 0.25) is 0 Å². The SMILES string of the molecule is CC(=O)Oc1ccc(/C=C/CN2CCC(=C3c4ccccc4C=Cc4ccccc43)CC2)cc1. The first-order valence-corrected chi connectivity index (χ1v) is 11.9. The summed E-state index contributed by atoms with van der Waals surface area (Å²) in [5, 5.41) is 0. The standard InChI is InChI=1S/C31H29NO2/c1-23(33)34-28-16-12-24(13-17-28)7-6-20-32-21-18-27(19-22-32)31-29-10-4-2-8-25(29)14-15-26-9-3-5-11-30(26)31/h2-17H,18-22H2,1H3/b7-6+. The Morgan fingerprint density at radius 1 is 0.853 bits per heavy atom. The summed E-state index contributed by atoms with van der Waals surface area (Å²) < 4.78 is 5.10. The largest absolute Gasteiger partial charge is 0.427 e. The zero-order valence-electron chi connectivity index (χ0n) is 19.5. The first-order chi connectivity index (χ1) is 16.7. The van der Waals surface area contributed by atoms with Gasteiger partial charge in [0, 0.05) is 26.6 Å². The third kappa shape index (κ3) is 4.95. The number of nitrogens with zero attached hydrogens (tertiary/aromatic N) is 1. The molecule has 0 radical (unpaired) electrons. The number of carbonyl (C=O) groups excluding carboxylic acids is 1. The second-order valence-electron chi connectivity index (χ2n) is 8.85. The van der Waals surface area contributed by atoms with Crippen molar-refractivity contribution >= 4 is 29.8 Å². The van der Waals surface area contributed by atoms with Gasteiger partial charge in [-0.25, -0.2) is 0 Å². The second kappa shape index (κ2) is 10.1. The molecule has 0 unspecified atom stereocenters. The molecule has 1 fully saturated rings. The summed E-state index contributed by atoms with van der Waals surface area (Å²) in [6.45, 7) is 4.47. The van der Waals surface area contributed by atoms with Gasteiger partial charge in [-0.15, -0.1) is 0 Å². The lowest BCUT2D eigenvalue weighted by molar-refractivity contribution is -0.131. The smallest absolute Gasteiger partial charge is 0.308 e. The van der Waals surface area contributed by atoms with Gasteiger partial charge in [-0.05, 0) is 58.4 Å². The van der Waals surface area contributed by atoms with Crippen molar-refractivity contribution in [1.82, 2.24) is 4.90 Å². The van der Waals surface area contributed by atoms with Crippen LogP contribution >= 0.6 is 0 Å². The van der Waals surface area contributed by atoms with Gasteiger partial charge in [-0.3, -0.25) is 9.69 Å². The summed E-state index contributed by atoms with van der Waals surface area (Å²) in [4.78, 5) is 13.6. The molecule has 5 rings (SSSR count). The van der Waals surface area contributed by atoms with E-state index in [1.807, 2.05) is 24.3 Å². The van der Waals surface area contributed by atoms with Crippen LogP contribution < -0.4 is 4.74 Å². The molecule has 3 aromatic carbocycles. The number of hydrogen-bond acceptors (Lipinski definition) is 3. The van der Waals surface area contributed by atoms with Crippen LogP contribution in [-0.2, 0) is 4.79 Å². The van der Waals surface area contributed by atoms with Crippen LogP contribution in [0.1, 0.15) is 47.6 Å². The molecular weight excluding hydrogens is 418 g/mol. The van der Waals surface area contributed by atoms with Crippen LogP contribution in [0.15, 0.2) is 84.4 Å². The molecule has 3 nitrogen and oxygen atoms in total. The number of ether oxygens (including phenoxy) is 1. The van der Waals surface area contributed by atoms with Crippen molar-refractivity contribution in [2.24, 2.45) is 0 Å². The first-order valence-electron chi connectivity index (χ1n) is 11.9. The van der Waals surface area contributed by atoms with Crippen LogP contribution in [0, 0.1) is 0 Å². The van der Waals surface area contributed by atoms with E-state index in [0.717, 1.165) is 38.0 Å². The van der Waals surface area contributed by atoms with E-state index < -0.39 is 0 Å². The first kappa shape index (κ1) is 22.1. The molecule has 0 bridgehead atoms. The van der Waals surface area contributed by atoms with Gasteiger partial charge in [-0.1, -0.05) is 90.5 Å². The van der Waals surface area contributed by atoms with Crippen molar-refractivity contribution in [3.63, 3.8) is 0 Å². The highest BCUT2D eigenvalue weighted by Crippen LogP contribution is 2.38. The van der Waals surface area contributed by atoms with Crippen LogP contribution in [0.25, 0.3) is 23.8 Å². The molecule has 1 aliphatic heterocycles. The Bertz CT molecular complexity index is 1220. The average molecular weight is 448 g/mol. The topological polar surface area (TPSA) is 29.5 Å². The molecule has 0 amide bonds. The minimum absolute atomic E-state index is 0.296. The number of hydrogen-bond donors (Lipinski definition) is 0. The molecule has 0 N–H and O–H groups in total. The summed E-state index contributed by atoms with van der Waals surface area (Å²) in [5.41, 5.74) is 9.39. The molecule has 2 aliphatic rings. The number of benzene rings is 3. The number of fused-ring (bicyclic) bond motifs is 2. The van der Waals surface area contributed by atoms with Gasteiger partial charge in [0.05, 0.1) is 0 Å². The molecule has 0 spiro atoms. The van der Waals surface area contributed by atoms with E-state index in [1.54, 1.807) is 5.57 Å². The van der Waals surface area contributed by atoms with Crippen LogP contribution in [0.3, 0.4) is 0 Å². The monoisotopic (exact) mass is 447 g/mol. The maximum absolute atomic E-state index is 11.1. The maximum Gasteiger partial charge on any atom is 0.308 e. The van der Waals surface area contributed by atoms with E-state index in [4.69, 9.17) is 4.74 Å². The predicted octanol–water partition coefficient (Wildman–Crippen LogP) is 6.71. The molecule has 3 aromatic rings. The molecule has 1 aliphatic carbocycles. The van der Waals surface area contributed by atoms with Crippen LogP contribution in [0.4, 0.5) is 0 Å². The van der Waals surface area contributed by atoms with E-state index in [0.29, 0.717) is 5.75 Å². The normalized spacial score (nSPS) is 15.7. The zero-order chi connectivity index (χ0) is 23.3. The Hall–Kier alpha value is -3.69. The third-order valence-corrected chi connectivity index (χ3v) is 6.53. The Labute approximate surface area is 201 Å². The van der Waals surface area contributed by atoms with Crippen molar-refractivity contribution in [3.8, 4) is 5.75 Å². The molecular formula is C31H29NO2. The van der Waals surface area contributed by atoms with Gasteiger partial charge < -0.3 is 4.74 Å².